The molecule has 34 heavy (non-hydrogen) atoms. The van der Waals surface area contributed by atoms with Gasteiger partial charge in [-0.1, -0.05) is 30.0 Å². The number of hydrogen-bond donors (Lipinski definition) is 1. The number of amides is 1. The second kappa shape index (κ2) is 10.7. The molecule has 3 aromatic carbocycles. The van der Waals surface area contributed by atoms with Crippen LogP contribution >= 0.6 is 23.5 Å². The fourth-order valence-electron chi connectivity index (χ4n) is 3.33. The summed E-state index contributed by atoms with van der Waals surface area (Å²) in [4.78, 5) is 25.2. The molecule has 0 fully saturated rings. The molecule has 0 aliphatic heterocycles. The van der Waals surface area contributed by atoms with Gasteiger partial charge in [-0.05, 0) is 60.9 Å². The summed E-state index contributed by atoms with van der Waals surface area (Å²) >= 11 is 2.74. The molecule has 0 radical (unpaired) electrons. The minimum Gasteiger partial charge on any atom is -0.325 e. The van der Waals surface area contributed by atoms with E-state index in [0.717, 1.165) is 10.6 Å². The number of halogens is 1. The van der Waals surface area contributed by atoms with E-state index in [1.165, 1.54) is 42.6 Å². The molecule has 0 unspecified atom stereocenters. The van der Waals surface area contributed by atoms with Crippen molar-refractivity contribution in [3.63, 3.8) is 0 Å². The lowest BCUT2D eigenvalue weighted by atomic mass is 10.1. The standard InChI is InChI=1S/C25H21FN4O2S2/c1-16(31)27-21-13-10-18(14-23(21)33-2)22(32)15-34-25-29-28-24(17-8-11-19(26)12-9-17)30(25)20-6-4-3-5-7-20/h3-14H,15H2,1-2H3,(H,27,31). The zero-order valence-corrected chi connectivity index (χ0v) is 20.1. The first kappa shape index (κ1) is 23.7. The van der Waals surface area contributed by atoms with E-state index < -0.39 is 0 Å². The molecule has 0 saturated heterocycles. The third kappa shape index (κ3) is 5.37. The third-order valence-corrected chi connectivity index (χ3v) is 6.62. The Labute approximate surface area is 205 Å². The third-order valence-electron chi connectivity index (χ3n) is 4.92. The van der Waals surface area contributed by atoms with E-state index in [1.54, 1.807) is 30.3 Å². The number of benzene rings is 3. The van der Waals surface area contributed by atoms with Crippen molar-refractivity contribution < 1.29 is 14.0 Å². The molecule has 1 amide bonds. The highest BCUT2D eigenvalue weighted by molar-refractivity contribution is 7.99. The van der Waals surface area contributed by atoms with Crippen LogP contribution < -0.4 is 5.32 Å². The first-order valence-corrected chi connectivity index (χ1v) is 12.6. The number of ketones is 1. The monoisotopic (exact) mass is 492 g/mol. The Bertz CT molecular complexity index is 1320. The first-order chi connectivity index (χ1) is 16.5. The van der Waals surface area contributed by atoms with Crippen LogP contribution in [0.2, 0.25) is 0 Å². The van der Waals surface area contributed by atoms with Gasteiger partial charge in [0.1, 0.15) is 5.82 Å². The molecule has 6 nitrogen and oxygen atoms in total. The summed E-state index contributed by atoms with van der Waals surface area (Å²) < 4.78 is 15.3. The van der Waals surface area contributed by atoms with Crippen molar-refractivity contribution in [3.8, 4) is 17.1 Å². The van der Waals surface area contributed by atoms with Crippen molar-refractivity contribution in [3.05, 3.63) is 84.2 Å². The maximum atomic E-state index is 13.4. The van der Waals surface area contributed by atoms with Gasteiger partial charge in [-0.25, -0.2) is 4.39 Å². The van der Waals surface area contributed by atoms with Crippen LogP contribution in [0.25, 0.3) is 17.1 Å². The van der Waals surface area contributed by atoms with Crippen LogP contribution in [-0.2, 0) is 4.79 Å². The van der Waals surface area contributed by atoms with E-state index in [1.807, 2.05) is 41.2 Å². The van der Waals surface area contributed by atoms with E-state index in [9.17, 15) is 14.0 Å². The Kier molecular flexibility index (Phi) is 7.44. The Morgan fingerprint density at radius 3 is 2.41 bits per heavy atom. The number of thioether (sulfide) groups is 2. The van der Waals surface area contributed by atoms with E-state index in [2.05, 4.69) is 15.5 Å². The molecule has 0 aliphatic rings. The molecule has 0 atom stereocenters. The zero-order chi connectivity index (χ0) is 24.1. The zero-order valence-electron chi connectivity index (χ0n) is 18.5. The van der Waals surface area contributed by atoms with Crippen molar-refractivity contribution in [1.82, 2.24) is 14.8 Å². The molecule has 0 bridgehead atoms. The van der Waals surface area contributed by atoms with E-state index in [0.29, 0.717) is 27.8 Å². The molecule has 172 valence electrons. The topological polar surface area (TPSA) is 76.9 Å². The van der Waals surface area contributed by atoms with E-state index >= 15 is 0 Å². The number of Topliss-reactive ketones (excluding diaryl/α,β-unsaturated/α-hetero) is 1. The number of para-hydroxylation sites is 1. The highest BCUT2D eigenvalue weighted by atomic mass is 32.2. The van der Waals surface area contributed by atoms with Gasteiger partial charge >= 0.3 is 0 Å². The smallest absolute Gasteiger partial charge is 0.221 e. The average molecular weight is 493 g/mol. The molecular weight excluding hydrogens is 471 g/mol. The van der Waals surface area contributed by atoms with Crippen molar-refractivity contribution in [2.24, 2.45) is 0 Å². The molecule has 1 N–H and O–H groups in total. The van der Waals surface area contributed by atoms with Crippen molar-refractivity contribution in [2.45, 2.75) is 17.0 Å². The van der Waals surface area contributed by atoms with Crippen molar-refractivity contribution in [2.75, 3.05) is 17.3 Å². The average Bonchev–Trinajstić information content (AvgIpc) is 3.27. The molecule has 9 heteroatoms. The van der Waals surface area contributed by atoms with Crippen molar-refractivity contribution >= 4 is 40.9 Å². The summed E-state index contributed by atoms with van der Waals surface area (Å²) in [5.41, 5.74) is 2.78. The fraction of sp³-hybridized carbons (Fsp3) is 0.120. The minimum atomic E-state index is -0.330. The first-order valence-electron chi connectivity index (χ1n) is 10.3. The quantitative estimate of drug-likeness (QED) is 0.250. The second-order valence-electron chi connectivity index (χ2n) is 7.29. The summed E-state index contributed by atoms with van der Waals surface area (Å²) in [6.07, 6.45) is 1.89. The maximum Gasteiger partial charge on any atom is 0.221 e. The molecule has 0 aliphatic carbocycles. The molecule has 1 heterocycles. The molecule has 1 aromatic heterocycles. The summed E-state index contributed by atoms with van der Waals surface area (Å²) in [6, 6.07) is 20.9. The molecule has 0 saturated carbocycles. The largest absolute Gasteiger partial charge is 0.325 e. The van der Waals surface area contributed by atoms with Crippen LogP contribution in [0.15, 0.2) is 82.8 Å². The Morgan fingerprint density at radius 1 is 1.00 bits per heavy atom. The van der Waals surface area contributed by atoms with Gasteiger partial charge in [-0.3, -0.25) is 14.2 Å². The SMILES string of the molecule is CSc1cc(C(=O)CSc2nnc(-c3ccc(F)cc3)n2-c2ccccc2)ccc1NC(C)=O. The lowest BCUT2D eigenvalue weighted by molar-refractivity contribution is -0.114. The predicted molar refractivity (Wildman–Crippen MR) is 134 cm³/mol. The fourth-order valence-corrected chi connectivity index (χ4v) is 4.76. The van der Waals surface area contributed by atoms with Crippen LogP contribution in [0, 0.1) is 5.82 Å². The van der Waals surface area contributed by atoms with Crippen LogP contribution in [0.5, 0.6) is 0 Å². The van der Waals surface area contributed by atoms with Gasteiger partial charge in [0.15, 0.2) is 16.8 Å². The van der Waals surface area contributed by atoms with E-state index in [-0.39, 0.29) is 23.3 Å². The van der Waals surface area contributed by atoms with Crippen LogP contribution in [0.1, 0.15) is 17.3 Å². The predicted octanol–water partition coefficient (Wildman–Crippen LogP) is 5.73. The second-order valence-corrected chi connectivity index (χ2v) is 9.08. The van der Waals surface area contributed by atoms with Crippen LogP contribution in [-0.4, -0.2) is 38.5 Å². The molecular formula is C25H21FN4O2S2. The van der Waals surface area contributed by atoms with Gasteiger partial charge in [-0.2, -0.15) is 0 Å². The highest BCUT2D eigenvalue weighted by Crippen LogP contribution is 2.30. The number of aromatic nitrogens is 3. The highest BCUT2D eigenvalue weighted by Gasteiger charge is 2.18. The van der Waals surface area contributed by atoms with Gasteiger partial charge in [0.2, 0.25) is 5.91 Å². The number of nitrogens with one attached hydrogen (secondary N) is 1. The Morgan fingerprint density at radius 2 is 1.74 bits per heavy atom. The number of anilines is 1. The summed E-state index contributed by atoms with van der Waals surface area (Å²) in [5, 5.41) is 12.0. The molecule has 4 rings (SSSR count). The Balaban J connectivity index is 1.60. The number of hydrogen-bond acceptors (Lipinski definition) is 6. The molecule has 4 aromatic rings. The van der Waals surface area contributed by atoms with Crippen LogP contribution in [0.4, 0.5) is 10.1 Å². The van der Waals surface area contributed by atoms with Gasteiger partial charge in [0, 0.05) is 28.6 Å². The summed E-state index contributed by atoms with van der Waals surface area (Å²) in [5.74, 6) is 0.152. The summed E-state index contributed by atoms with van der Waals surface area (Å²) in [6.45, 7) is 1.45. The summed E-state index contributed by atoms with van der Waals surface area (Å²) in [7, 11) is 0. The lowest BCUT2D eigenvalue weighted by Gasteiger charge is -2.11. The molecule has 0 spiro atoms. The minimum absolute atomic E-state index is 0.0689. The van der Waals surface area contributed by atoms with Gasteiger partial charge in [-0.15, -0.1) is 22.0 Å². The van der Waals surface area contributed by atoms with Crippen LogP contribution in [0.3, 0.4) is 0 Å². The van der Waals surface area contributed by atoms with Gasteiger partial charge < -0.3 is 5.32 Å². The van der Waals surface area contributed by atoms with E-state index in [4.69, 9.17) is 0 Å². The number of carbonyl (C=O) groups excluding carboxylic acids is 2. The van der Waals surface area contributed by atoms with Gasteiger partial charge in [0.05, 0.1) is 11.4 Å². The normalized spacial score (nSPS) is 10.8. The van der Waals surface area contributed by atoms with Crippen molar-refractivity contribution in [1.29, 1.82) is 0 Å². The maximum absolute atomic E-state index is 13.4. The Hall–Kier alpha value is -3.43. The number of nitrogens with zero attached hydrogens (tertiary/aromatic N) is 3. The number of rotatable bonds is 8. The van der Waals surface area contributed by atoms with Gasteiger partial charge in [0.25, 0.3) is 0 Å². The number of carbonyl (C=O) groups is 2. The lowest BCUT2D eigenvalue weighted by Crippen LogP contribution is -2.09.